The maximum absolute atomic E-state index is 12.7. The molecule has 1 aromatic carbocycles. The van der Waals surface area contributed by atoms with Crippen molar-refractivity contribution in [3.05, 3.63) is 30.1 Å². The van der Waals surface area contributed by atoms with Crippen LogP contribution in [0.25, 0.3) is 0 Å². The number of halogens is 1. The number of ether oxygens (including phenoxy) is 1. The second kappa shape index (κ2) is 4.23. The lowest BCUT2D eigenvalue weighted by atomic mass is 10.2. The average Bonchev–Trinajstić information content (AvgIpc) is 2.04. The van der Waals surface area contributed by atoms with Gasteiger partial charge in [-0.3, -0.25) is 0 Å². The van der Waals surface area contributed by atoms with E-state index in [1.54, 1.807) is 12.1 Å². The van der Waals surface area contributed by atoms with Crippen LogP contribution in [0.4, 0.5) is 4.39 Å². The van der Waals surface area contributed by atoms with Gasteiger partial charge in [-0.05, 0) is 26.0 Å². The molecule has 1 unspecified atom stereocenters. The predicted octanol–water partition coefficient (Wildman–Crippen LogP) is 1.94. The Labute approximate surface area is 77.5 Å². The first-order chi connectivity index (χ1) is 6.09. The molecule has 0 heterocycles. The zero-order chi connectivity index (χ0) is 9.84. The van der Waals surface area contributed by atoms with E-state index in [4.69, 9.17) is 10.5 Å². The molecule has 0 aliphatic heterocycles. The Morgan fingerprint density at radius 2 is 2.08 bits per heavy atom. The summed E-state index contributed by atoms with van der Waals surface area (Å²) in [7, 11) is 0. The zero-order valence-corrected chi connectivity index (χ0v) is 7.83. The molecule has 0 aliphatic carbocycles. The van der Waals surface area contributed by atoms with Gasteiger partial charge in [-0.1, -0.05) is 6.07 Å². The van der Waals surface area contributed by atoms with Crippen LogP contribution in [-0.4, -0.2) is 12.1 Å². The van der Waals surface area contributed by atoms with Crippen LogP contribution in [0.15, 0.2) is 24.3 Å². The topological polar surface area (TPSA) is 35.2 Å². The van der Waals surface area contributed by atoms with E-state index in [0.717, 1.165) is 0 Å². The highest BCUT2D eigenvalue weighted by Crippen LogP contribution is 2.14. The first-order valence-electron chi connectivity index (χ1n) is 4.27. The Bertz CT molecular complexity index is 275. The first-order valence-corrected chi connectivity index (χ1v) is 4.27. The standard InChI is InChI=1S/C10H14FNO/c1-7(12)8(2)13-10-5-3-4-9(11)6-10/h3-8H,12H2,1-2H3/t7-,8?/m0/s1. The largest absolute Gasteiger partial charge is 0.489 e. The summed E-state index contributed by atoms with van der Waals surface area (Å²) in [6.45, 7) is 3.71. The fourth-order valence-electron chi connectivity index (χ4n) is 0.862. The number of rotatable bonds is 3. The maximum atomic E-state index is 12.7. The fourth-order valence-corrected chi connectivity index (χ4v) is 0.862. The lowest BCUT2D eigenvalue weighted by Crippen LogP contribution is -2.33. The van der Waals surface area contributed by atoms with Gasteiger partial charge in [0.15, 0.2) is 0 Å². The van der Waals surface area contributed by atoms with E-state index in [1.807, 2.05) is 13.8 Å². The van der Waals surface area contributed by atoms with Crippen LogP contribution >= 0.6 is 0 Å². The summed E-state index contributed by atoms with van der Waals surface area (Å²) in [5.41, 5.74) is 5.60. The molecule has 2 N–H and O–H groups in total. The maximum Gasteiger partial charge on any atom is 0.126 e. The fraction of sp³-hybridized carbons (Fsp3) is 0.400. The van der Waals surface area contributed by atoms with Crippen molar-refractivity contribution in [3.63, 3.8) is 0 Å². The van der Waals surface area contributed by atoms with E-state index >= 15 is 0 Å². The van der Waals surface area contributed by atoms with E-state index in [0.29, 0.717) is 5.75 Å². The Morgan fingerprint density at radius 3 is 2.62 bits per heavy atom. The molecule has 0 aliphatic rings. The molecule has 0 saturated carbocycles. The van der Waals surface area contributed by atoms with Gasteiger partial charge in [0.25, 0.3) is 0 Å². The molecule has 0 fully saturated rings. The van der Waals surface area contributed by atoms with Gasteiger partial charge < -0.3 is 10.5 Å². The molecule has 3 heteroatoms. The van der Waals surface area contributed by atoms with Crippen molar-refractivity contribution in [1.29, 1.82) is 0 Å². The normalized spacial score (nSPS) is 15.1. The van der Waals surface area contributed by atoms with E-state index in [-0.39, 0.29) is 18.0 Å². The van der Waals surface area contributed by atoms with Crippen molar-refractivity contribution in [2.75, 3.05) is 0 Å². The van der Waals surface area contributed by atoms with Crippen LogP contribution in [0.2, 0.25) is 0 Å². The Morgan fingerprint density at radius 1 is 1.38 bits per heavy atom. The SMILES string of the molecule is CC(Oc1cccc(F)c1)[C@H](C)N. The molecule has 0 spiro atoms. The summed E-state index contributed by atoms with van der Waals surface area (Å²) in [5, 5.41) is 0. The minimum atomic E-state index is -0.297. The Kier molecular flexibility index (Phi) is 3.25. The van der Waals surface area contributed by atoms with Gasteiger partial charge in [0, 0.05) is 12.1 Å². The number of hydrogen-bond acceptors (Lipinski definition) is 2. The summed E-state index contributed by atoms with van der Waals surface area (Å²) in [4.78, 5) is 0. The lowest BCUT2D eigenvalue weighted by Gasteiger charge is -2.17. The van der Waals surface area contributed by atoms with Crippen molar-refractivity contribution in [2.24, 2.45) is 5.73 Å². The van der Waals surface area contributed by atoms with Crippen LogP contribution in [0.3, 0.4) is 0 Å². The molecule has 0 aromatic heterocycles. The molecule has 2 atom stereocenters. The van der Waals surface area contributed by atoms with E-state index in [1.165, 1.54) is 12.1 Å². The average molecular weight is 183 g/mol. The molecular weight excluding hydrogens is 169 g/mol. The third kappa shape index (κ3) is 3.03. The van der Waals surface area contributed by atoms with Crippen molar-refractivity contribution >= 4 is 0 Å². The highest BCUT2D eigenvalue weighted by atomic mass is 19.1. The first kappa shape index (κ1) is 9.99. The number of nitrogens with two attached hydrogens (primary N) is 1. The molecule has 0 amide bonds. The summed E-state index contributed by atoms with van der Waals surface area (Å²) in [6.07, 6.45) is -0.109. The molecule has 1 rings (SSSR count). The summed E-state index contributed by atoms with van der Waals surface area (Å²) >= 11 is 0. The van der Waals surface area contributed by atoms with E-state index in [9.17, 15) is 4.39 Å². The molecule has 1 aromatic rings. The van der Waals surface area contributed by atoms with Crippen LogP contribution in [0, 0.1) is 5.82 Å². The van der Waals surface area contributed by atoms with Crippen molar-refractivity contribution in [1.82, 2.24) is 0 Å². The minimum Gasteiger partial charge on any atom is -0.489 e. The summed E-state index contributed by atoms with van der Waals surface area (Å²) < 4.78 is 18.1. The highest BCUT2D eigenvalue weighted by Gasteiger charge is 2.08. The minimum absolute atomic E-state index is 0.0664. The van der Waals surface area contributed by atoms with Crippen molar-refractivity contribution < 1.29 is 9.13 Å². The molecule has 72 valence electrons. The van der Waals surface area contributed by atoms with Crippen LogP contribution in [0.5, 0.6) is 5.75 Å². The zero-order valence-electron chi connectivity index (χ0n) is 7.83. The van der Waals surface area contributed by atoms with Gasteiger partial charge in [0.2, 0.25) is 0 Å². The third-order valence-corrected chi connectivity index (χ3v) is 1.86. The highest BCUT2D eigenvalue weighted by molar-refractivity contribution is 5.22. The monoisotopic (exact) mass is 183 g/mol. The van der Waals surface area contributed by atoms with Gasteiger partial charge in [-0.15, -0.1) is 0 Å². The van der Waals surface area contributed by atoms with Gasteiger partial charge in [-0.25, -0.2) is 4.39 Å². The summed E-state index contributed by atoms with van der Waals surface area (Å²) in [6, 6.07) is 5.98. The van der Waals surface area contributed by atoms with E-state index < -0.39 is 0 Å². The number of benzene rings is 1. The van der Waals surface area contributed by atoms with Crippen LogP contribution < -0.4 is 10.5 Å². The Balaban J connectivity index is 2.64. The molecule has 13 heavy (non-hydrogen) atoms. The molecule has 2 nitrogen and oxygen atoms in total. The van der Waals surface area contributed by atoms with Gasteiger partial charge in [0.05, 0.1) is 0 Å². The quantitative estimate of drug-likeness (QED) is 0.777. The smallest absolute Gasteiger partial charge is 0.126 e. The lowest BCUT2D eigenvalue weighted by molar-refractivity contribution is 0.196. The molecule has 0 bridgehead atoms. The molecular formula is C10H14FNO. The van der Waals surface area contributed by atoms with Crippen LogP contribution in [0.1, 0.15) is 13.8 Å². The third-order valence-electron chi connectivity index (χ3n) is 1.86. The van der Waals surface area contributed by atoms with Gasteiger partial charge >= 0.3 is 0 Å². The van der Waals surface area contributed by atoms with Crippen molar-refractivity contribution in [3.8, 4) is 5.75 Å². The predicted molar refractivity (Wildman–Crippen MR) is 50.1 cm³/mol. The van der Waals surface area contributed by atoms with Crippen LogP contribution in [-0.2, 0) is 0 Å². The van der Waals surface area contributed by atoms with Gasteiger partial charge in [0.1, 0.15) is 17.7 Å². The van der Waals surface area contributed by atoms with Crippen molar-refractivity contribution in [2.45, 2.75) is 26.0 Å². The second-order valence-electron chi connectivity index (χ2n) is 3.14. The molecule has 0 saturated heterocycles. The second-order valence-corrected chi connectivity index (χ2v) is 3.14. The number of hydrogen-bond donors (Lipinski definition) is 1. The summed E-state index contributed by atoms with van der Waals surface area (Å²) in [5.74, 6) is 0.221. The Hall–Kier alpha value is -1.09. The van der Waals surface area contributed by atoms with Gasteiger partial charge in [-0.2, -0.15) is 0 Å². The van der Waals surface area contributed by atoms with E-state index in [2.05, 4.69) is 0 Å². The molecule has 0 radical (unpaired) electrons.